The summed E-state index contributed by atoms with van der Waals surface area (Å²) in [6.07, 6.45) is 0. The summed E-state index contributed by atoms with van der Waals surface area (Å²) in [6, 6.07) is 20.8. The molecule has 0 aromatic heterocycles. The Morgan fingerprint density at radius 3 is 2.42 bits per heavy atom. The second-order valence-electron chi connectivity index (χ2n) is 5.54. The predicted molar refractivity (Wildman–Crippen MR) is 98.9 cm³/mol. The topological polar surface area (TPSA) is 99.1 Å². The molecule has 0 unspecified atom stereocenters. The summed E-state index contributed by atoms with van der Waals surface area (Å²) in [6.45, 7) is -0.436. The van der Waals surface area contributed by atoms with Gasteiger partial charge in [0.1, 0.15) is 6.07 Å². The number of sulfonamides is 1. The molecule has 3 aromatic carbocycles. The Bertz CT molecular complexity index is 1120. The van der Waals surface area contributed by atoms with E-state index in [-0.39, 0.29) is 10.5 Å². The number of benzene rings is 3. The van der Waals surface area contributed by atoms with Crippen LogP contribution < -0.4 is 10.0 Å². The van der Waals surface area contributed by atoms with Gasteiger partial charge in [-0.3, -0.25) is 4.79 Å². The van der Waals surface area contributed by atoms with Crippen molar-refractivity contribution in [3.8, 4) is 6.07 Å². The zero-order chi connectivity index (χ0) is 18.6. The first kappa shape index (κ1) is 17.6. The first-order chi connectivity index (χ1) is 12.5. The van der Waals surface area contributed by atoms with E-state index in [1.54, 1.807) is 12.1 Å². The highest BCUT2D eigenvalue weighted by Crippen LogP contribution is 2.19. The molecule has 0 bridgehead atoms. The smallest absolute Gasteiger partial charge is 0.242 e. The molecule has 2 N–H and O–H groups in total. The fourth-order valence-electron chi connectivity index (χ4n) is 2.50. The molecule has 7 heteroatoms. The van der Waals surface area contributed by atoms with Gasteiger partial charge >= 0.3 is 0 Å². The highest BCUT2D eigenvalue weighted by atomic mass is 32.2. The lowest BCUT2D eigenvalue weighted by Gasteiger charge is -2.09. The Kier molecular flexibility index (Phi) is 4.98. The molecule has 0 heterocycles. The molecule has 0 aliphatic carbocycles. The number of nitrogens with zero attached hydrogens (tertiary/aromatic N) is 1. The highest BCUT2D eigenvalue weighted by Gasteiger charge is 2.19. The Balaban J connectivity index is 1.69. The first-order valence-corrected chi connectivity index (χ1v) is 9.25. The molecule has 0 spiro atoms. The molecule has 0 aliphatic rings. The molecule has 0 aliphatic heterocycles. The third-order valence-corrected chi connectivity index (χ3v) is 5.21. The maximum Gasteiger partial charge on any atom is 0.242 e. The van der Waals surface area contributed by atoms with Gasteiger partial charge in [-0.05, 0) is 35.0 Å². The van der Waals surface area contributed by atoms with Crippen molar-refractivity contribution < 1.29 is 13.2 Å². The molecular formula is C19H15N3O3S. The van der Waals surface area contributed by atoms with E-state index < -0.39 is 22.5 Å². The first-order valence-electron chi connectivity index (χ1n) is 7.77. The minimum Gasteiger partial charge on any atom is -0.325 e. The van der Waals surface area contributed by atoms with Crippen LogP contribution in [0.4, 0.5) is 5.69 Å². The predicted octanol–water partition coefficient (Wildman–Crippen LogP) is 2.63. The third-order valence-electron chi connectivity index (χ3n) is 3.75. The van der Waals surface area contributed by atoms with E-state index >= 15 is 0 Å². The monoisotopic (exact) mass is 365 g/mol. The van der Waals surface area contributed by atoms with E-state index in [4.69, 9.17) is 5.26 Å². The number of nitrogens with one attached hydrogen (secondary N) is 2. The SMILES string of the molecule is N#Cc1ccccc1S(=O)(=O)NCC(=O)Nc1ccc2ccccc2c1. The Morgan fingerprint density at radius 2 is 1.65 bits per heavy atom. The summed E-state index contributed by atoms with van der Waals surface area (Å²) in [7, 11) is -3.96. The Hall–Kier alpha value is -3.21. The van der Waals surface area contributed by atoms with Crippen LogP contribution >= 0.6 is 0 Å². The van der Waals surface area contributed by atoms with E-state index in [1.807, 2.05) is 42.5 Å². The van der Waals surface area contributed by atoms with Gasteiger partial charge in [-0.15, -0.1) is 0 Å². The second-order valence-corrected chi connectivity index (χ2v) is 7.28. The molecule has 0 saturated carbocycles. The van der Waals surface area contributed by atoms with Crippen molar-refractivity contribution in [2.75, 3.05) is 11.9 Å². The maximum absolute atomic E-state index is 12.3. The van der Waals surface area contributed by atoms with Crippen LogP contribution in [0.5, 0.6) is 0 Å². The maximum atomic E-state index is 12.3. The standard InChI is InChI=1S/C19H15N3O3S/c20-12-16-7-3-4-8-18(16)26(24,25)21-13-19(23)22-17-10-9-14-5-1-2-6-15(14)11-17/h1-11,21H,13H2,(H,22,23). The van der Waals surface area contributed by atoms with Crippen molar-refractivity contribution in [3.05, 3.63) is 72.3 Å². The second kappa shape index (κ2) is 7.35. The lowest BCUT2D eigenvalue weighted by Crippen LogP contribution is -2.33. The lowest BCUT2D eigenvalue weighted by molar-refractivity contribution is -0.115. The highest BCUT2D eigenvalue weighted by molar-refractivity contribution is 7.89. The summed E-state index contributed by atoms with van der Waals surface area (Å²) >= 11 is 0. The number of hydrogen-bond donors (Lipinski definition) is 2. The average molecular weight is 365 g/mol. The van der Waals surface area contributed by atoms with Crippen molar-refractivity contribution >= 4 is 32.4 Å². The van der Waals surface area contributed by atoms with Crippen LogP contribution in [0.3, 0.4) is 0 Å². The van der Waals surface area contributed by atoms with Gasteiger partial charge in [0.15, 0.2) is 0 Å². The average Bonchev–Trinajstić information content (AvgIpc) is 2.66. The minimum absolute atomic E-state index is 0.0231. The summed E-state index contributed by atoms with van der Waals surface area (Å²) in [5.74, 6) is -0.502. The zero-order valence-electron chi connectivity index (χ0n) is 13.6. The molecular weight excluding hydrogens is 350 g/mol. The van der Waals surface area contributed by atoms with Crippen molar-refractivity contribution in [1.82, 2.24) is 4.72 Å². The summed E-state index contributed by atoms with van der Waals surface area (Å²) in [4.78, 5) is 11.9. The number of amides is 1. The molecule has 3 rings (SSSR count). The van der Waals surface area contributed by atoms with Crippen LogP contribution in [0.25, 0.3) is 10.8 Å². The number of carbonyl (C=O) groups excluding carboxylic acids is 1. The fourth-order valence-corrected chi connectivity index (χ4v) is 3.64. The van der Waals surface area contributed by atoms with E-state index in [0.29, 0.717) is 5.69 Å². The molecule has 1 amide bonds. The molecule has 130 valence electrons. The summed E-state index contributed by atoms with van der Waals surface area (Å²) in [5.41, 5.74) is 0.597. The van der Waals surface area contributed by atoms with Gasteiger partial charge < -0.3 is 5.32 Å². The minimum atomic E-state index is -3.96. The van der Waals surface area contributed by atoms with Gasteiger partial charge in [0.2, 0.25) is 15.9 Å². The summed E-state index contributed by atoms with van der Waals surface area (Å²) < 4.78 is 26.8. The van der Waals surface area contributed by atoms with Crippen LogP contribution in [0.2, 0.25) is 0 Å². The van der Waals surface area contributed by atoms with Gasteiger partial charge in [0, 0.05) is 5.69 Å². The van der Waals surface area contributed by atoms with Crippen LogP contribution in [0.1, 0.15) is 5.56 Å². The number of anilines is 1. The van der Waals surface area contributed by atoms with Crippen LogP contribution in [0.15, 0.2) is 71.6 Å². The van der Waals surface area contributed by atoms with Crippen LogP contribution in [0, 0.1) is 11.3 Å². The number of rotatable bonds is 5. The number of hydrogen-bond acceptors (Lipinski definition) is 4. The summed E-state index contributed by atoms with van der Waals surface area (Å²) in [5, 5.41) is 13.7. The molecule has 0 saturated heterocycles. The molecule has 6 nitrogen and oxygen atoms in total. The zero-order valence-corrected chi connectivity index (χ0v) is 14.5. The van der Waals surface area contributed by atoms with Crippen molar-refractivity contribution in [3.63, 3.8) is 0 Å². The van der Waals surface area contributed by atoms with E-state index in [2.05, 4.69) is 10.0 Å². The largest absolute Gasteiger partial charge is 0.325 e. The normalized spacial score (nSPS) is 11.0. The molecule has 0 atom stereocenters. The third kappa shape index (κ3) is 3.88. The van der Waals surface area contributed by atoms with Crippen molar-refractivity contribution in [2.45, 2.75) is 4.90 Å². The Morgan fingerprint density at radius 1 is 0.962 bits per heavy atom. The van der Waals surface area contributed by atoms with Gasteiger partial charge in [-0.1, -0.05) is 42.5 Å². The van der Waals surface area contributed by atoms with Gasteiger partial charge in [-0.2, -0.15) is 5.26 Å². The van der Waals surface area contributed by atoms with E-state index in [1.165, 1.54) is 18.2 Å². The number of fused-ring (bicyclic) bond motifs is 1. The van der Waals surface area contributed by atoms with Gasteiger partial charge in [0.05, 0.1) is 17.0 Å². The lowest BCUT2D eigenvalue weighted by atomic mass is 10.1. The van der Waals surface area contributed by atoms with E-state index in [9.17, 15) is 13.2 Å². The van der Waals surface area contributed by atoms with E-state index in [0.717, 1.165) is 10.8 Å². The fraction of sp³-hybridized carbons (Fsp3) is 0.0526. The quantitative estimate of drug-likeness (QED) is 0.726. The van der Waals surface area contributed by atoms with Gasteiger partial charge in [0.25, 0.3) is 0 Å². The number of nitriles is 1. The van der Waals surface area contributed by atoms with Crippen molar-refractivity contribution in [2.24, 2.45) is 0 Å². The Labute approximate surface area is 151 Å². The van der Waals surface area contributed by atoms with Gasteiger partial charge in [-0.25, -0.2) is 13.1 Å². The molecule has 3 aromatic rings. The van der Waals surface area contributed by atoms with Crippen LogP contribution in [-0.4, -0.2) is 20.9 Å². The molecule has 0 fully saturated rings. The van der Waals surface area contributed by atoms with Crippen LogP contribution in [-0.2, 0) is 14.8 Å². The van der Waals surface area contributed by atoms with Crippen molar-refractivity contribution in [1.29, 1.82) is 5.26 Å². The molecule has 26 heavy (non-hydrogen) atoms. The molecule has 0 radical (unpaired) electrons. The number of carbonyl (C=O) groups is 1.